The summed E-state index contributed by atoms with van der Waals surface area (Å²) in [5.74, 6) is -1.70. The Morgan fingerprint density at radius 1 is 1.30 bits per heavy atom. The van der Waals surface area contributed by atoms with E-state index in [0.29, 0.717) is 6.07 Å². The molecule has 2 rings (SSSR count). The third-order valence-electron chi connectivity index (χ3n) is 3.49. The summed E-state index contributed by atoms with van der Waals surface area (Å²) in [4.78, 5) is 0. The number of anilines is 1. The summed E-state index contributed by atoms with van der Waals surface area (Å²) in [7, 11) is -3.72. The molecule has 1 aromatic carbocycles. The second-order valence-corrected chi connectivity index (χ2v) is 6.90. The standard InChI is InChI=1S/C13H17F2NO3S/c14-11-4-5-13(12(15)8-11)16(6-7-17)20(18,19)9-10-2-1-3-10/h4-5,8,10,17H,1-3,6-7,9H2. The van der Waals surface area contributed by atoms with Crippen LogP contribution in [0.2, 0.25) is 0 Å². The van der Waals surface area contributed by atoms with Gasteiger partial charge < -0.3 is 5.11 Å². The summed E-state index contributed by atoms with van der Waals surface area (Å²) < 4.78 is 52.1. The van der Waals surface area contributed by atoms with E-state index in [1.807, 2.05) is 0 Å². The maximum absolute atomic E-state index is 13.8. The van der Waals surface area contributed by atoms with E-state index < -0.39 is 28.3 Å². The minimum Gasteiger partial charge on any atom is -0.394 e. The van der Waals surface area contributed by atoms with Gasteiger partial charge in [-0.25, -0.2) is 17.2 Å². The molecule has 0 spiro atoms. The number of halogens is 2. The highest BCUT2D eigenvalue weighted by molar-refractivity contribution is 7.92. The van der Waals surface area contributed by atoms with E-state index in [1.165, 1.54) is 0 Å². The van der Waals surface area contributed by atoms with Crippen LogP contribution in [-0.4, -0.2) is 32.4 Å². The van der Waals surface area contributed by atoms with Crippen molar-refractivity contribution in [1.29, 1.82) is 0 Å². The van der Waals surface area contributed by atoms with Gasteiger partial charge in [0, 0.05) is 6.07 Å². The molecular formula is C13H17F2NO3S. The van der Waals surface area contributed by atoms with E-state index in [0.717, 1.165) is 35.7 Å². The SMILES string of the molecule is O=S(=O)(CC1CCC1)N(CCO)c1ccc(F)cc1F. The average Bonchev–Trinajstić information content (AvgIpc) is 2.32. The monoisotopic (exact) mass is 305 g/mol. The van der Waals surface area contributed by atoms with Crippen LogP contribution in [0, 0.1) is 17.6 Å². The Morgan fingerprint density at radius 2 is 2.00 bits per heavy atom. The summed E-state index contributed by atoms with van der Waals surface area (Å²) in [6.45, 7) is -0.668. The van der Waals surface area contributed by atoms with Crippen molar-refractivity contribution in [2.75, 3.05) is 23.2 Å². The van der Waals surface area contributed by atoms with Gasteiger partial charge in [0.25, 0.3) is 0 Å². The molecule has 20 heavy (non-hydrogen) atoms. The van der Waals surface area contributed by atoms with E-state index in [1.54, 1.807) is 0 Å². The van der Waals surface area contributed by atoms with Gasteiger partial charge >= 0.3 is 0 Å². The zero-order chi connectivity index (χ0) is 14.8. The Morgan fingerprint density at radius 3 is 2.50 bits per heavy atom. The lowest BCUT2D eigenvalue weighted by Gasteiger charge is -2.30. The Labute approximate surface area is 117 Å². The van der Waals surface area contributed by atoms with Gasteiger partial charge in [0.2, 0.25) is 10.0 Å². The molecule has 1 saturated carbocycles. The maximum atomic E-state index is 13.8. The molecule has 0 heterocycles. The van der Waals surface area contributed by atoms with Crippen LogP contribution >= 0.6 is 0 Å². The van der Waals surface area contributed by atoms with Gasteiger partial charge in [0.15, 0.2) is 0 Å². The highest BCUT2D eigenvalue weighted by Crippen LogP contribution is 2.30. The Bertz CT molecular complexity index is 573. The molecule has 112 valence electrons. The fourth-order valence-electron chi connectivity index (χ4n) is 2.23. The molecule has 0 aromatic heterocycles. The van der Waals surface area contributed by atoms with Crippen LogP contribution in [0.1, 0.15) is 19.3 Å². The van der Waals surface area contributed by atoms with Crippen LogP contribution in [0.5, 0.6) is 0 Å². The van der Waals surface area contributed by atoms with Crippen molar-refractivity contribution in [3.63, 3.8) is 0 Å². The number of aliphatic hydroxyl groups excluding tert-OH is 1. The molecule has 1 aliphatic carbocycles. The van der Waals surface area contributed by atoms with Gasteiger partial charge in [0.1, 0.15) is 11.6 Å². The third kappa shape index (κ3) is 3.27. The third-order valence-corrected chi connectivity index (χ3v) is 5.43. The molecule has 0 bridgehead atoms. The van der Waals surface area contributed by atoms with E-state index in [9.17, 15) is 17.2 Å². The Balaban J connectivity index is 2.29. The van der Waals surface area contributed by atoms with Gasteiger partial charge in [-0.3, -0.25) is 4.31 Å². The Kier molecular flexibility index (Phi) is 4.59. The largest absolute Gasteiger partial charge is 0.394 e. The van der Waals surface area contributed by atoms with Crippen molar-refractivity contribution in [3.05, 3.63) is 29.8 Å². The van der Waals surface area contributed by atoms with Crippen LogP contribution in [-0.2, 0) is 10.0 Å². The highest BCUT2D eigenvalue weighted by Gasteiger charge is 2.30. The van der Waals surface area contributed by atoms with Crippen LogP contribution in [0.3, 0.4) is 0 Å². The number of nitrogens with zero attached hydrogens (tertiary/aromatic N) is 1. The van der Waals surface area contributed by atoms with Gasteiger partial charge in [-0.15, -0.1) is 0 Å². The number of rotatable bonds is 6. The van der Waals surface area contributed by atoms with Crippen molar-refractivity contribution in [1.82, 2.24) is 0 Å². The minimum absolute atomic E-state index is 0.0657. The summed E-state index contributed by atoms with van der Waals surface area (Å²) in [6.07, 6.45) is 2.70. The molecule has 0 aliphatic heterocycles. The number of sulfonamides is 1. The molecule has 0 atom stereocenters. The number of hydrogen-bond acceptors (Lipinski definition) is 3. The maximum Gasteiger partial charge on any atom is 0.235 e. The predicted molar refractivity (Wildman–Crippen MR) is 71.9 cm³/mol. The van der Waals surface area contributed by atoms with Crippen LogP contribution in [0.25, 0.3) is 0 Å². The first-order valence-electron chi connectivity index (χ1n) is 6.50. The first-order chi connectivity index (χ1) is 9.44. The molecule has 1 aliphatic rings. The minimum atomic E-state index is -3.72. The smallest absolute Gasteiger partial charge is 0.235 e. The van der Waals surface area contributed by atoms with Crippen molar-refractivity contribution >= 4 is 15.7 Å². The van der Waals surface area contributed by atoms with Gasteiger partial charge in [0.05, 0.1) is 24.6 Å². The van der Waals surface area contributed by atoms with Crippen molar-refractivity contribution < 1.29 is 22.3 Å². The lowest BCUT2D eigenvalue weighted by Crippen LogP contribution is -2.39. The van der Waals surface area contributed by atoms with Crippen LogP contribution in [0.15, 0.2) is 18.2 Å². The van der Waals surface area contributed by atoms with Crippen LogP contribution in [0.4, 0.5) is 14.5 Å². The average molecular weight is 305 g/mol. The molecular weight excluding hydrogens is 288 g/mol. The topological polar surface area (TPSA) is 57.6 Å². The van der Waals surface area contributed by atoms with E-state index in [4.69, 9.17) is 5.11 Å². The zero-order valence-corrected chi connectivity index (χ0v) is 11.7. The predicted octanol–water partition coefficient (Wildman–Crippen LogP) is 1.89. The van der Waals surface area contributed by atoms with E-state index in [-0.39, 0.29) is 23.9 Å². The summed E-state index contributed by atoms with van der Waals surface area (Å²) in [5.41, 5.74) is -0.222. The van der Waals surface area contributed by atoms with E-state index >= 15 is 0 Å². The summed E-state index contributed by atoms with van der Waals surface area (Å²) in [5, 5.41) is 9.01. The lowest BCUT2D eigenvalue weighted by molar-refractivity contribution is 0.305. The lowest BCUT2D eigenvalue weighted by atomic mass is 9.87. The van der Waals surface area contributed by atoms with E-state index in [2.05, 4.69) is 0 Å². The van der Waals surface area contributed by atoms with Crippen molar-refractivity contribution in [2.45, 2.75) is 19.3 Å². The second-order valence-electron chi connectivity index (χ2n) is 4.97. The number of benzene rings is 1. The first kappa shape index (κ1) is 15.2. The normalized spacial score (nSPS) is 15.9. The Hall–Kier alpha value is -1.21. The first-order valence-corrected chi connectivity index (χ1v) is 8.11. The molecule has 7 heteroatoms. The summed E-state index contributed by atoms with van der Waals surface area (Å²) >= 11 is 0. The van der Waals surface area contributed by atoms with Crippen molar-refractivity contribution in [2.24, 2.45) is 5.92 Å². The molecule has 0 unspecified atom stereocenters. The number of hydrogen-bond donors (Lipinski definition) is 1. The van der Waals surface area contributed by atoms with Crippen molar-refractivity contribution in [3.8, 4) is 0 Å². The summed E-state index contributed by atoms with van der Waals surface area (Å²) in [6, 6.07) is 2.72. The fourth-order valence-corrected chi connectivity index (χ4v) is 4.15. The zero-order valence-electron chi connectivity index (χ0n) is 10.9. The second kappa shape index (κ2) is 6.05. The fraction of sp³-hybridized carbons (Fsp3) is 0.538. The van der Waals surface area contributed by atoms with Crippen LogP contribution < -0.4 is 4.31 Å². The molecule has 1 fully saturated rings. The molecule has 4 nitrogen and oxygen atoms in total. The molecule has 1 aromatic rings. The van der Waals surface area contributed by atoms with Gasteiger partial charge in [-0.2, -0.15) is 0 Å². The molecule has 1 N–H and O–H groups in total. The highest BCUT2D eigenvalue weighted by atomic mass is 32.2. The molecule has 0 amide bonds. The number of aliphatic hydroxyl groups is 1. The molecule has 0 radical (unpaired) electrons. The quantitative estimate of drug-likeness (QED) is 0.873. The molecule has 0 saturated heterocycles. The van der Waals surface area contributed by atoms with Gasteiger partial charge in [-0.05, 0) is 30.9 Å². The van der Waals surface area contributed by atoms with Gasteiger partial charge in [-0.1, -0.05) is 6.42 Å².